The first-order chi connectivity index (χ1) is 13.0. The van der Waals surface area contributed by atoms with Gasteiger partial charge in [0.25, 0.3) is 0 Å². The van der Waals surface area contributed by atoms with Gasteiger partial charge in [-0.1, -0.05) is 24.3 Å². The van der Waals surface area contributed by atoms with Gasteiger partial charge in [0.2, 0.25) is 15.9 Å². The van der Waals surface area contributed by atoms with Gasteiger partial charge in [-0.05, 0) is 62.5 Å². The molecule has 2 heterocycles. The zero-order valence-corrected chi connectivity index (χ0v) is 17.2. The Hall–Kier alpha value is -1.40. The third-order valence-electron chi connectivity index (χ3n) is 5.97. The second kappa shape index (κ2) is 9.20. The summed E-state index contributed by atoms with van der Waals surface area (Å²) in [4.78, 5) is 14.1. The molecule has 27 heavy (non-hydrogen) atoms. The van der Waals surface area contributed by atoms with Gasteiger partial charge in [-0.2, -0.15) is 0 Å². The fourth-order valence-corrected chi connectivity index (χ4v) is 5.26. The number of rotatable bonds is 7. The van der Waals surface area contributed by atoms with E-state index in [1.807, 2.05) is 4.90 Å². The highest BCUT2D eigenvalue weighted by Crippen LogP contribution is 2.24. The third kappa shape index (κ3) is 5.55. The summed E-state index contributed by atoms with van der Waals surface area (Å²) in [5, 5.41) is 0. The zero-order chi connectivity index (χ0) is 19.3. The molecule has 0 unspecified atom stereocenters. The average Bonchev–Trinajstić information content (AvgIpc) is 3.22. The molecule has 2 aliphatic heterocycles. The van der Waals surface area contributed by atoms with Gasteiger partial charge in [0.15, 0.2) is 0 Å². The first-order valence-corrected chi connectivity index (χ1v) is 11.9. The van der Waals surface area contributed by atoms with E-state index < -0.39 is 10.0 Å². The summed E-state index contributed by atoms with van der Waals surface area (Å²) in [6, 6.07) is 8.63. The Bertz CT molecular complexity index is 716. The predicted octanol–water partition coefficient (Wildman–Crippen LogP) is 2.85. The molecule has 0 N–H and O–H groups in total. The van der Waals surface area contributed by atoms with Gasteiger partial charge < -0.3 is 4.90 Å². The van der Waals surface area contributed by atoms with Crippen molar-refractivity contribution in [2.45, 2.75) is 51.9 Å². The lowest BCUT2D eigenvalue weighted by Gasteiger charge is -2.31. The molecule has 0 spiro atoms. The van der Waals surface area contributed by atoms with Crippen LogP contribution in [0.2, 0.25) is 0 Å². The van der Waals surface area contributed by atoms with Crippen LogP contribution in [0.5, 0.6) is 0 Å². The lowest BCUT2D eigenvalue weighted by atomic mass is 9.90. The number of hydrogen-bond acceptors (Lipinski definition) is 3. The Balaban J connectivity index is 1.43. The predicted molar refractivity (Wildman–Crippen MR) is 108 cm³/mol. The fraction of sp³-hybridized carbons (Fsp3) is 0.667. The zero-order valence-electron chi connectivity index (χ0n) is 16.4. The second-order valence-electron chi connectivity index (χ2n) is 7.85. The third-order valence-corrected chi connectivity index (χ3v) is 7.85. The van der Waals surface area contributed by atoms with Crippen molar-refractivity contribution >= 4 is 15.9 Å². The molecule has 1 aromatic rings. The largest absolute Gasteiger partial charge is 0.343 e. The summed E-state index contributed by atoms with van der Waals surface area (Å²) in [7, 11) is -3.04. The van der Waals surface area contributed by atoms with Crippen molar-refractivity contribution in [3.63, 3.8) is 0 Å². The average molecular weight is 393 g/mol. The molecule has 0 aromatic heterocycles. The van der Waals surface area contributed by atoms with E-state index in [9.17, 15) is 13.2 Å². The van der Waals surface area contributed by atoms with E-state index in [0.29, 0.717) is 25.4 Å². The quantitative estimate of drug-likeness (QED) is 0.717. The van der Waals surface area contributed by atoms with E-state index >= 15 is 0 Å². The van der Waals surface area contributed by atoms with Crippen LogP contribution in [-0.4, -0.2) is 55.5 Å². The molecule has 1 aromatic carbocycles. The number of carbonyl (C=O) groups is 1. The standard InChI is InChI=1S/C21H32N2O3S/c1-2-27(25,26)23-15-11-20(12-16-23)17-19-7-5-18(6-8-19)9-10-21(24)22-13-3-4-14-22/h5-8,20H,2-4,9-17H2,1H3. The van der Waals surface area contributed by atoms with E-state index in [2.05, 4.69) is 24.3 Å². The molecule has 6 heteroatoms. The summed E-state index contributed by atoms with van der Waals surface area (Å²) in [5.41, 5.74) is 2.52. The van der Waals surface area contributed by atoms with Crippen molar-refractivity contribution < 1.29 is 13.2 Å². The van der Waals surface area contributed by atoms with Gasteiger partial charge in [0.1, 0.15) is 0 Å². The molecule has 2 saturated heterocycles. The highest BCUT2D eigenvalue weighted by Gasteiger charge is 2.26. The summed E-state index contributed by atoms with van der Waals surface area (Å²) in [6.07, 6.45) is 6.57. The Kier molecular flexibility index (Phi) is 6.93. The summed E-state index contributed by atoms with van der Waals surface area (Å²) < 4.78 is 25.5. The van der Waals surface area contributed by atoms with Crippen molar-refractivity contribution in [1.29, 1.82) is 0 Å². The maximum Gasteiger partial charge on any atom is 0.222 e. The normalized spacial score (nSPS) is 19.5. The first-order valence-electron chi connectivity index (χ1n) is 10.3. The number of carbonyl (C=O) groups excluding carboxylic acids is 1. The Morgan fingerprint density at radius 3 is 2.19 bits per heavy atom. The van der Waals surface area contributed by atoms with Gasteiger partial charge in [-0.25, -0.2) is 12.7 Å². The van der Waals surface area contributed by atoms with Crippen molar-refractivity contribution in [3.8, 4) is 0 Å². The molecule has 0 saturated carbocycles. The minimum Gasteiger partial charge on any atom is -0.343 e. The van der Waals surface area contributed by atoms with Crippen LogP contribution in [0, 0.1) is 5.92 Å². The molecule has 0 atom stereocenters. The number of sulfonamides is 1. The van der Waals surface area contributed by atoms with E-state index in [1.165, 1.54) is 11.1 Å². The van der Waals surface area contributed by atoms with Gasteiger partial charge in [-0.15, -0.1) is 0 Å². The fourth-order valence-electron chi connectivity index (χ4n) is 4.13. The maximum atomic E-state index is 12.1. The number of aryl methyl sites for hydroxylation is 1. The van der Waals surface area contributed by atoms with Crippen LogP contribution in [0.15, 0.2) is 24.3 Å². The van der Waals surface area contributed by atoms with Gasteiger partial charge in [0, 0.05) is 32.6 Å². The number of amides is 1. The monoisotopic (exact) mass is 392 g/mol. The second-order valence-corrected chi connectivity index (χ2v) is 10.1. The molecule has 3 rings (SSSR count). The van der Waals surface area contributed by atoms with Crippen molar-refractivity contribution in [3.05, 3.63) is 35.4 Å². The number of likely N-dealkylation sites (tertiary alicyclic amines) is 1. The Morgan fingerprint density at radius 1 is 1.00 bits per heavy atom. The van der Waals surface area contributed by atoms with Crippen LogP contribution >= 0.6 is 0 Å². The highest BCUT2D eigenvalue weighted by molar-refractivity contribution is 7.89. The molecular formula is C21H32N2O3S. The van der Waals surface area contributed by atoms with Crippen molar-refractivity contribution in [2.75, 3.05) is 31.9 Å². The van der Waals surface area contributed by atoms with Crippen LogP contribution in [0.3, 0.4) is 0 Å². The van der Waals surface area contributed by atoms with E-state index in [4.69, 9.17) is 0 Å². The molecule has 0 bridgehead atoms. The molecule has 5 nitrogen and oxygen atoms in total. The first kappa shape index (κ1) is 20.3. The number of piperidine rings is 1. The molecule has 2 fully saturated rings. The van der Waals surface area contributed by atoms with Crippen LogP contribution in [0.4, 0.5) is 0 Å². The minimum absolute atomic E-state index is 0.194. The summed E-state index contributed by atoms with van der Waals surface area (Å²) in [6.45, 7) is 4.86. The minimum atomic E-state index is -3.04. The summed E-state index contributed by atoms with van der Waals surface area (Å²) >= 11 is 0. The van der Waals surface area contributed by atoms with Crippen LogP contribution in [-0.2, 0) is 27.7 Å². The Morgan fingerprint density at radius 2 is 1.59 bits per heavy atom. The molecule has 1 amide bonds. The number of hydrogen-bond donors (Lipinski definition) is 0. The van der Waals surface area contributed by atoms with E-state index in [0.717, 1.165) is 51.6 Å². The SMILES string of the molecule is CCS(=O)(=O)N1CCC(Cc2ccc(CCC(=O)N3CCCC3)cc2)CC1. The lowest BCUT2D eigenvalue weighted by Crippen LogP contribution is -2.39. The molecule has 2 aliphatic rings. The van der Waals surface area contributed by atoms with Crippen LogP contribution in [0.1, 0.15) is 50.2 Å². The van der Waals surface area contributed by atoms with Gasteiger partial charge in [0.05, 0.1) is 5.75 Å². The number of benzene rings is 1. The van der Waals surface area contributed by atoms with E-state index in [-0.39, 0.29) is 11.7 Å². The van der Waals surface area contributed by atoms with Crippen LogP contribution in [0.25, 0.3) is 0 Å². The summed E-state index contributed by atoms with van der Waals surface area (Å²) in [5.74, 6) is 1.03. The van der Waals surface area contributed by atoms with Crippen molar-refractivity contribution in [1.82, 2.24) is 9.21 Å². The molecular weight excluding hydrogens is 360 g/mol. The maximum absolute atomic E-state index is 12.1. The highest BCUT2D eigenvalue weighted by atomic mass is 32.2. The molecule has 150 valence electrons. The lowest BCUT2D eigenvalue weighted by molar-refractivity contribution is -0.130. The molecule has 0 radical (unpaired) electrons. The number of nitrogens with zero attached hydrogens (tertiary/aromatic N) is 2. The molecule has 0 aliphatic carbocycles. The Labute approximate surface area is 163 Å². The topological polar surface area (TPSA) is 57.7 Å². The van der Waals surface area contributed by atoms with Gasteiger partial charge >= 0.3 is 0 Å². The van der Waals surface area contributed by atoms with Gasteiger partial charge in [-0.3, -0.25) is 4.79 Å². The van der Waals surface area contributed by atoms with Crippen LogP contribution < -0.4 is 0 Å². The smallest absolute Gasteiger partial charge is 0.222 e. The van der Waals surface area contributed by atoms with Crippen molar-refractivity contribution in [2.24, 2.45) is 5.92 Å². The van der Waals surface area contributed by atoms with E-state index in [1.54, 1.807) is 11.2 Å².